The van der Waals surface area contributed by atoms with Crippen molar-refractivity contribution < 1.29 is 35.5 Å². The second kappa shape index (κ2) is 12.8. The molecule has 0 aliphatic carbocycles. The Balaban J connectivity index is 1.36. The van der Waals surface area contributed by atoms with E-state index >= 15 is 0 Å². The fourth-order valence-electron chi connectivity index (χ4n) is 4.59. The van der Waals surface area contributed by atoms with Crippen molar-refractivity contribution in [3.63, 3.8) is 0 Å². The van der Waals surface area contributed by atoms with Crippen LogP contribution in [-0.4, -0.2) is 43.5 Å². The molecule has 1 amide bonds. The summed E-state index contributed by atoms with van der Waals surface area (Å²) >= 11 is 0. The SMILES string of the molecule is COc1ccc(S(=O)(=O)N(CC(=O)Nc2ccc(S(=O)(=O)Nc3cccc4ccccc34)cc2)c2ccc(F)cc2)cc1OC. The maximum absolute atomic E-state index is 13.7. The van der Waals surface area contributed by atoms with Gasteiger partial charge in [-0.3, -0.25) is 13.8 Å². The van der Waals surface area contributed by atoms with Crippen LogP contribution in [0, 0.1) is 5.82 Å². The fourth-order valence-corrected chi connectivity index (χ4v) is 7.11. The molecule has 0 fully saturated rings. The summed E-state index contributed by atoms with van der Waals surface area (Å²) in [5.41, 5.74) is 0.691. The third-order valence-electron chi connectivity index (χ3n) is 6.83. The van der Waals surface area contributed by atoms with E-state index < -0.39 is 38.3 Å². The van der Waals surface area contributed by atoms with Gasteiger partial charge < -0.3 is 14.8 Å². The summed E-state index contributed by atoms with van der Waals surface area (Å²) in [6.07, 6.45) is 0. The van der Waals surface area contributed by atoms with E-state index in [4.69, 9.17) is 9.47 Å². The summed E-state index contributed by atoms with van der Waals surface area (Å²) in [4.78, 5) is 12.9. The van der Waals surface area contributed by atoms with Crippen LogP contribution in [-0.2, 0) is 24.8 Å². The number of methoxy groups -OCH3 is 2. The zero-order valence-electron chi connectivity index (χ0n) is 24.1. The number of fused-ring (bicyclic) bond motifs is 1. The molecular formula is C32H28FN3O7S2. The van der Waals surface area contributed by atoms with Gasteiger partial charge in [0.1, 0.15) is 12.4 Å². The standard InChI is InChI=1S/C32H28FN3O7S2/c1-42-30-19-18-27(20-31(30)43-2)45(40,41)36(25-14-10-23(33)11-15-25)21-32(37)34-24-12-16-26(17-13-24)44(38,39)35-29-9-5-7-22-6-3-4-8-28(22)29/h3-20,35H,21H2,1-2H3,(H,34,37). The van der Waals surface area contributed by atoms with Crippen LogP contribution >= 0.6 is 0 Å². The van der Waals surface area contributed by atoms with Crippen molar-refractivity contribution in [1.29, 1.82) is 0 Å². The number of benzene rings is 5. The smallest absolute Gasteiger partial charge is 0.264 e. The molecule has 0 aliphatic rings. The molecule has 13 heteroatoms. The van der Waals surface area contributed by atoms with Gasteiger partial charge in [0.25, 0.3) is 20.0 Å². The number of carbonyl (C=O) groups excluding carboxylic acids is 1. The van der Waals surface area contributed by atoms with Crippen LogP contribution in [0.25, 0.3) is 10.8 Å². The number of nitrogens with zero attached hydrogens (tertiary/aromatic N) is 1. The molecule has 0 radical (unpaired) electrons. The van der Waals surface area contributed by atoms with E-state index in [2.05, 4.69) is 10.0 Å². The lowest BCUT2D eigenvalue weighted by Crippen LogP contribution is -2.38. The number of hydrogen-bond donors (Lipinski definition) is 2. The summed E-state index contributed by atoms with van der Waals surface area (Å²) in [7, 11) is -5.56. The maximum atomic E-state index is 13.7. The fraction of sp³-hybridized carbons (Fsp3) is 0.0938. The van der Waals surface area contributed by atoms with Crippen molar-refractivity contribution in [3.05, 3.63) is 115 Å². The zero-order chi connectivity index (χ0) is 32.2. The lowest BCUT2D eigenvalue weighted by molar-refractivity contribution is -0.114. The molecule has 0 saturated carbocycles. The Bertz CT molecular complexity index is 2070. The molecule has 0 bridgehead atoms. The predicted octanol–water partition coefficient (Wildman–Crippen LogP) is 5.63. The van der Waals surface area contributed by atoms with Crippen LogP contribution in [0.15, 0.2) is 119 Å². The van der Waals surface area contributed by atoms with Crippen molar-refractivity contribution >= 4 is 53.8 Å². The van der Waals surface area contributed by atoms with Crippen LogP contribution in [0.4, 0.5) is 21.5 Å². The molecule has 0 unspecified atom stereocenters. The normalized spacial score (nSPS) is 11.5. The van der Waals surface area contributed by atoms with E-state index in [0.29, 0.717) is 11.4 Å². The first-order chi connectivity index (χ1) is 21.5. The van der Waals surface area contributed by atoms with Gasteiger partial charge in [-0.2, -0.15) is 0 Å². The second-order valence-electron chi connectivity index (χ2n) is 9.71. The van der Waals surface area contributed by atoms with E-state index in [1.165, 1.54) is 68.8 Å². The average Bonchev–Trinajstić information content (AvgIpc) is 3.04. The lowest BCUT2D eigenvalue weighted by Gasteiger charge is -2.24. The average molecular weight is 650 g/mol. The first-order valence-electron chi connectivity index (χ1n) is 13.4. The number of anilines is 3. The third kappa shape index (κ3) is 6.84. The minimum atomic E-state index is -4.36. The van der Waals surface area contributed by atoms with Gasteiger partial charge in [-0.15, -0.1) is 0 Å². The van der Waals surface area contributed by atoms with Gasteiger partial charge in [0.2, 0.25) is 5.91 Å². The molecule has 0 atom stereocenters. The number of amides is 1. The van der Waals surface area contributed by atoms with Crippen molar-refractivity contribution in [3.8, 4) is 11.5 Å². The molecule has 5 rings (SSSR count). The highest BCUT2D eigenvalue weighted by molar-refractivity contribution is 7.93. The zero-order valence-corrected chi connectivity index (χ0v) is 25.7. The van der Waals surface area contributed by atoms with Gasteiger partial charge in [-0.05, 0) is 72.1 Å². The highest BCUT2D eigenvalue weighted by atomic mass is 32.2. The summed E-state index contributed by atoms with van der Waals surface area (Å²) < 4.78 is 81.3. The van der Waals surface area contributed by atoms with Crippen LogP contribution in [0.1, 0.15) is 0 Å². The quantitative estimate of drug-likeness (QED) is 0.190. The number of nitrogens with one attached hydrogen (secondary N) is 2. The Hall–Kier alpha value is -5.14. The largest absolute Gasteiger partial charge is 0.493 e. The van der Waals surface area contributed by atoms with Crippen LogP contribution in [0.3, 0.4) is 0 Å². The number of hydrogen-bond acceptors (Lipinski definition) is 7. The first-order valence-corrected chi connectivity index (χ1v) is 16.3. The molecule has 0 saturated heterocycles. The molecule has 5 aromatic rings. The molecule has 232 valence electrons. The van der Waals surface area contributed by atoms with Crippen LogP contribution < -0.4 is 23.8 Å². The Labute approximate surface area is 260 Å². The first kappa shape index (κ1) is 31.3. The molecule has 10 nitrogen and oxygen atoms in total. The summed E-state index contributed by atoms with van der Waals surface area (Å²) in [6.45, 7) is -0.676. The van der Waals surface area contributed by atoms with Gasteiger partial charge in [-0.1, -0.05) is 36.4 Å². The number of rotatable bonds is 11. The Kier molecular flexibility index (Phi) is 8.93. The Morgan fingerprint density at radius 2 is 1.40 bits per heavy atom. The lowest BCUT2D eigenvalue weighted by atomic mass is 10.1. The van der Waals surface area contributed by atoms with Crippen LogP contribution in [0.2, 0.25) is 0 Å². The van der Waals surface area contributed by atoms with Gasteiger partial charge in [-0.25, -0.2) is 21.2 Å². The van der Waals surface area contributed by atoms with Gasteiger partial charge >= 0.3 is 0 Å². The van der Waals surface area contributed by atoms with Crippen molar-refractivity contribution in [2.45, 2.75) is 9.79 Å². The molecule has 0 aromatic heterocycles. The number of sulfonamides is 2. The molecule has 45 heavy (non-hydrogen) atoms. The number of ether oxygens (including phenoxy) is 2. The molecule has 5 aromatic carbocycles. The predicted molar refractivity (Wildman–Crippen MR) is 170 cm³/mol. The van der Waals surface area contributed by atoms with Crippen molar-refractivity contribution in [1.82, 2.24) is 0 Å². The third-order valence-corrected chi connectivity index (χ3v) is 9.98. The van der Waals surface area contributed by atoms with E-state index in [9.17, 15) is 26.0 Å². The van der Waals surface area contributed by atoms with Crippen molar-refractivity contribution in [2.75, 3.05) is 35.1 Å². The Morgan fingerprint density at radius 3 is 2.09 bits per heavy atom. The summed E-state index contributed by atoms with van der Waals surface area (Å²) in [5, 5.41) is 4.20. The second-order valence-corrected chi connectivity index (χ2v) is 13.3. The summed E-state index contributed by atoms with van der Waals surface area (Å²) in [5.74, 6) is -0.850. The Morgan fingerprint density at radius 1 is 0.756 bits per heavy atom. The van der Waals surface area contributed by atoms with E-state index in [-0.39, 0.29) is 26.9 Å². The van der Waals surface area contributed by atoms with E-state index in [1.807, 2.05) is 30.3 Å². The minimum absolute atomic E-state index is 0.0438. The van der Waals surface area contributed by atoms with E-state index in [1.54, 1.807) is 12.1 Å². The topological polar surface area (TPSA) is 131 Å². The minimum Gasteiger partial charge on any atom is -0.493 e. The van der Waals surface area contributed by atoms with Crippen LogP contribution in [0.5, 0.6) is 11.5 Å². The maximum Gasteiger partial charge on any atom is 0.264 e. The highest BCUT2D eigenvalue weighted by Gasteiger charge is 2.28. The van der Waals surface area contributed by atoms with Gasteiger partial charge in [0.05, 0.1) is 35.4 Å². The molecular weight excluding hydrogens is 621 g/mol. The number of halogens is 1. The summed E-state index contributed by atoms with van der Waals surface area (Å²) in [6, 6.07) is 26.7. The molecule has 0 spiro atoms. The van der Waals surface area contributed by atoms with Gasteiger partial charge in [0, 0.05) is 17.1 Å². The molecule has 2 N–H and O–H groups in total. The van der Waals surface area contributed by atoms with Crippen molar-refractivity contribution in [2.24, 2.45) is 0 Å². The molecule has 0 heterocycles. The molecule has 0 aliphatic heterocycles. The monoisotopic (exact) mass is 649 g/mol. The van der Waals surface area contributed by atoms with Gasteiger partial charge in [0.15, 0.2) is 11.5 Å². The van der Waals surface area contributed by atoms with E-state index in [0.717, 1.165) is 27.2 Å². The number of carbonyl (C=O) groups is 1. The highest BCUT2D eigenvalue weighted by Crippen LogP contribution is 2.32.